The second-order valence-electron chi connectivity index (χ2n) is 3.48. The first-order valence-electron chi connectivity index (χ1n) is 5.47. The van der Waals surface area contributed by atoms with Crippen LogP contribution in [0.3, 0.4) is 0 Å². The minimum absolute atomic E-state index is 1.04. The molecule has 0 fully saturated rings. The Morgan fingerprint density at radius 3 is 2.50 bits per heavy atom. The third-order valence-corrected chi connectivity index (χ3v) is 5.71. The molecule has 0 spiro atoms. The predicted molar refractivity (Wildman–Crippen MR) is 71.7 cm³/mol. The Hall–Kier alpha value is 0.0800. The lowest BCUT2D eigenvalue weighted by molar-refractivity contribution is 0.706. The summed E-state index contributed by atoms with van der Waals surface area (Å²) in [7, 11) is 2.19. The average Bonchev–Trinajstić information content (AvgIpc) is 2.25. The van der Waals surface area contributed by atoms with Gasteiger partial charge < -0.3 is 0 Å². The maximum Gasteiger partial charge on any atom is -0.0230 e. The number of unbranched alkanes of at least 4 members (excludes halogenated alkanes) is 3. The molecule has 0 saturated heterocycles. The van der Waals surface area contributed by atoms with E-state index < -0.39 is 0 Å². The Bertz CT molecular complexity index is 221. The van der Waals surface area contributed by atoms with Gasteiger partial charge >= 0.3 is 0 Å². The number of rotatable bonds is 7. The molecule has 0 aliphatic carbocycles. The van der Waals surface area contributed by atoms with Crippen molar-refractivity contribution in [2.45, 2.75) is 32.6 Å². The maximum atomic E-state index is 2.27. The van der Waals surface area contributed by atoms with Gasteiger partial charge in [0.1, 0.15) is 0 Å². The standard InChI is InChI=1S/C12H20P2/c1-2-3-4-8-11-13-14-12-9-6-5-7-10-12/h5-7,9-10,13-14H,2-4,8,11H2,1H3. The average molecular weight is 226 g/mol. The monoisotopic (exact) mass is 226 g/mol. The van der Waals surface area contributed by atoms with Crippen molar-refractivity contribution in [2.75, 3.05) is 6.16 Å². The van der Waals surface area contributed by atoms with Crippen LogP contribution in [0.1, 0.15) is 32.6 Å². The van der Waals surface area contributed by atoms with Gasteiger partial charge in [0, 0.05) is 0 Å². The molecule has 1 aromatic rings. The van der Waals surface area contributed by atoms with Crippen molar-refractivity contribution >= 4 is 21.8 Å². The lowest BCUT2D eigenvalue weighted by atomic mass is 10.2. The summed E-state index contributed by atoms with van der Waals surface area (Å²) in [5.41, 5.74) is 0. The van der Waals surface area contributed by atoms with Gasteiger partial charge in [0.2, 0.25) is 0 Å². The molecule has 0 nitrogen and oxygen atoms in total. The molecule has 0 radical (unpaired) electrons. The van der Waals surface area contributed by atoms with E-state index in [0.717, 1.165) is 16.5 Å². The van der Waals surface area contributed by atoms with Gasteiger partial charge in [-0.1, -0.05) is 73.1 Å². The number of benzene rings is 1. The highest BCUT2D eigenvalue weighted by molar-refractivity contribution is 8.15. The summed E-state index contributed by atoms with van der Waals surface area (Å²) in [5, 5.41) is 1.53. The van der Waals surface area contributed by atoms with E-state index in [0.29, 0.717) is 0 Å². The Morgan fingerprint density at radius 2 is 1.79 bits per heavy atom. The van der Waals surface area contributed by atoms with E-state index >= 15 is 0 Å². The molecule has 1 rings (SSSR count). The number of hydrogen-bond acceptors (Lipinski definition) is 0. The highest BCUT2D eigenvalue weighted by Gasteiger charge is 1.91. The second kappa shape index (κ2) is 8.39. The molecule has 0 aromatic heterocycles. The van der Waals surface area contributed by atoms with Crippen molar-refractivity contribution in [1.82, 2.24) is 0 Å². The van der Waals surface area contributed by atoms with Crippen LogP contribution in [-0.4, -0.2) is 6.16 Å². The van der Waals surface area contributed by atoms with E-state index in [-0.39, 0.29) is 0 Å². The molecule has 0 aliphatic rings. The first-order chi connectivity index (χ1) is 6.93. The van der Waals surface area contributed by atoms with Crippen molar-refractivity contribution in [3.05, 3.63) is 30.3 Å². The Balaban J connectivity index is 1.99. The zero-order valence-electron chi connectivity index (χ0n) is 8.92. The van der Waals surface area contributed by atoms with E-state index in [9.17, 15) is 0 Å². The van der Waals surface area contributed by atoms with Crippen molar-refractivity contribution in [3.8, 4) is 0 Å². The molecule has 2 heteroatoms. The molecular formula is C12H20P2. The van der Waals surface area contributed by atoms with Gasteiger partial charge in [-0.25, -0.2) is 0 Å². The Morgan fingerprint density at radius 1 is 1.00 bits per heavy atom. The van der Waals surface area contributed by atoms with Crippen LogP contribution < -0.4 is 5.30 Å². The van der Waals surface area contributed by atoms with Gasteiger partial charge in [-0.3, -0.25) is 0 Å². The van der Waals surface area contributed by atoms with Crippen molar-refractivity contribution in [3.63, 3.8) is 0 Å². The molecule has 0 bridgehead atoms. The molecule has 0 amide bonds. The largest absolute Gasteiger partial charge is 0.0946 e. The fraction of sp³-hybridized carbons (Fsp3) is 0.500. The summed E-state index contributed by atoms with van der Waals surface area (Å²) in [6, 6.07) is 10.9. The van der Waals surface area contributed by atoms with Crippen molar-refractivity contribution in [2.24, 2.45) is 0 Å². The molecular weight excluding hydrogens is 206 g/mol. The predicted octanol–water partition coefficient (Wildman–Crippen LogP) is 4.16. The summed E-state index contributed by atoms with van der Waals surface area (Å²) >= 11 is 0. The van der Waals surface area contributed by atoms with Gasteiger partial charge in [0.05, 0.1) is 0 Å². The first kappa shape index (κ1) is 12.2. The quantitative estimate of drug-likeness (QED) is 0.483. The Kier molecular flexibility index (Phi) is 7.28. The summed E-state index contributed by atoms with van der Waals surface area (Å²) < 4.78 is 0. The first-order valence-corrected chi connectivity index (χ1v) is 8.68. The Labute approximate surface area is 91.3 Å². The molecule has 78 valence electrons. The zero-order valence-corrected chi connectivity index (χ0v) is 10.9. The zero-order chi connectivity index (χ0) is 10.1. The molecule has 0 heterocycles. The number of hydrogen-bond donors (Lipinski definition) is 0. The van der Waals surface area contributed by atoms with Gasteiger partial charge in [-0.2, -0.15) is 0 Å². The normalized spacial score (nSPS) is 12.1. The van der Waals surface area contributed by atoms with Crippen LogP contribution in [0.25, 0.3) is 0 Å². The molecule has 2 atom stereocenters. The highest BCUT2D eigenvalue weighted by atomic mass is 32.0. The second-order valence-corrected chi connectivity index (χ2v) is 6.97. The minimum atomic E-state index is 1.04. The van der Waals surface area contributed by atoms with E-state index in [4.69, 9.17) is 0 Å². The van der Waals surface area contributed by atoms with Crippen LogP contribution in [0.5, 0.6) is 0 Å². The summed E-state index contributed by atoms with van der Waals surface area (Å²) in [5.74, 6) is 0. The lowest BCUT2D eigenvalue weighted by Gasteiger charge is -2.01. The fourth-order valence-electron chi connectivity index (χ4n) is 1.33. The van der Waals surface area contributed by atoms with Crippen LogP contribution in [0.2, 0.25) is 0 Å². The summed E-state index contributed by atoms with van der Waals surface area (Å²) in [6.07, 6.45) is 7.07. The molecule has 2 unspecified atom stereocenters. The lowest BCUT2D eigenvalue weighted by Crippen LogP contribution is -1.88. The third kappa shape index (κ3) is 5.74. The van der Waals surface area contributed by atoms with Crippen LogP contribution in [-0.2, 0) is 0 Å². The molecule has 1 aromatic carbocycles. The van der Waals surface area contributed by atoms with Crippen LogP contribution in [0, 0.1) is 0 Å². The van der Waals surface area contributed by atoms with Gasteiger partial charge in [0.25, 0.3) is 0 Å². The minimum Gasteiger partial charge on any atom is -0.0946 e. The van der Waals surface area contributed by atoms with Crippen LogP contribution >= 0.6 is 16.5 Å². The van der Waals surface area contributed by atoms with E-state index in [2.05, 4.69) is 37.3 Å². The summed E-state index contributed by atoms with van der Waals surface area (Å²) in [4.78, 5) is 0. The van der Waals surface area contributed by atoms with Crippen LogP contribution in [0.15, 0.2) is 30.3 Å². The molecule has 0 saturated carbocycles. The van der Waals surface area contributed by atoms with Gasteiger partial charge in [0.15, 0.2) is 0 Å². The van der Waals surface area contributed by atoms with E-state index in [1.807, 2.05) is 0 Å². The van der Waals surface area contributed by atoms with E-state index in [1.165, 1.54) is 37.1 Å². The maximum absolute atomic E-state index is 2.27. The summed E-state index contributed by atoms with van der Waals surface area (Å²) in [6.45, 7) is 2.27. The van der Waals surface area contributed by atoms with E-state index in [1.54, 1.807) is 0 Å². The fourth-order valence-corrected chi connectivity index (χ4v) is 4.46. The topological polar surface area (TPSA) is 0 Å². The van der Waals surface area contributed by atoms with Crippen LogP contribution in [0.4, 0.5) is 0 Å². The molecule has 14 heavy (non-hydrogen) atoms. The SMILES string of the molecule is CCCCCCPPc1ccccc1. The van der Waals surface area contributed by atoms with Gasteiger partial charge in [-0.15, -0.1) is 0 Å². The third-order valence-electron chi connectivity index (χ3n) is 2.16. The smallest absolute Gasteiger partial charge is 0.0230 e. The molecule has 0 aliphatic heterocycles. The van der Waals surface area contributed by atoms with Gasteiger partial charge in [-0.05, 0) is 17.9 Å². The highest BCUT2D eigenvalue weighted by Crippen LogP contribution is 2.36. The van der Waals surface area contributed by atoms with Crippen molar-refractivity contribution in [1.29, 1.82) is 0 Å². The molecule has 0 N–H and O–H groups in total. The van der Waals surface area contributed by atoms with Crippen molar-refractivity contribution < 1.29 is 0 Å².